The molecule has 0 heterocycles. The molecule has 0 aliphatic carbocycles. The first-order valence-corrected chi connectivity index (χ1v) is 3.39. The molecule has 0 aliphatic rings. The highest BCUT2D eigenvalue weighted by molar-refractivity contribution is 5.25. The van der Waals surface area contributed by atoms with Crippen molar-refractivity contribution in [1.82, 2.24) is 5.48 Å². The normalized spacial score (nSPS) is 12.1. The Morgan fingerprint density at radius 3 is 2.83 bits per heavy atom. The Morgan fingerprint density at radius 2 is 2.33 bits per heavy atom. The molecule has 0 radical (unpaired) electrons. The van der Waals surface area contributed by atoms with Crippen LogP contribution in [0.2, 0.25) is 0 Å². The summed E-state index contributed by atoms with van der Waals surface area (Å²) in [7, 11) is 0. The van der Waals surface area contributed by atoms with Crippen LogP contribution in [0, 0.1) is 18.2 Å². The summed E-state index contributed by atoms with van der Waals surface area (Å²) >= 11 is 0. The molecule has 0 aromatic heterocycles. The van der Waals surface area contributed by atoms with Gasteiger partial charge in [0.25, 0.3) is 0 Å². The van der Waals surface area contributed by atoms with Gasteiger partial charge in [-0.2, -0.15) is 5.48 Å². The van der Waals surface area contributed by atoms with Crippen LogP contribution in [-0.4, -0.2) is 5.21 Å². The number of hydrogen-bond donors (Lipinski definition) is 2. The summed E-state index contributed by atoms with van der Waals surface area (Å²) in [4.78, 5) is 0. The number of rotatable bonds is 2. The van der Waals surface area contributed by atoms with E-state index in [1.807, 2.05) is 5.48 Å². The molecule has 0 amide bonds. The third kappa shape index (κ3) is 1.82. The van der Waals surface area contributed by atoms with E-state index in [9.17, 15) is 4.39 Å². The van der Waals surface area contributed by atoms with E-state index in [1.54, 1.807) is 6.07 Å². The number of halogens is 1. The van der Waals surface area contributed by atoms with Crippen molar-refractivity contribution in [3.63, 3.8) is 0 Å². The van der Waals surface area contributed by atoms with Gasteiger partial charge in [-0.1, -0.05) is 18.1 Å². The maximum absolute atomic E-state index is 12.6. The quantitative estimate of drug-likeness (QED) is 0.514. The van der Waals surface area contributed by atoms with E-state index in [2.05, 4.69) is 5.92 Å². The van der Waals surface area contributed by atoms with Crippen LogP contribution in [0.15, 0.2) is 24.3 Å². The first-order valence-electron chi connectivity index (χ1n) is 3.39. The molecule has 2 N–H and O–H groups in total. The van der Waals surface area contributed by atoms with Crippen LogP contribution in [0.5, 0.6) is 0 Å². The summed E-state index contributed by atoms with van der Waals surface area (Å²) in [6, 6.07) is 5.10. The molecule has 0 spiro atoms. The van der Waals surface area contributed by atoms with Crippen molar-refractivity contribution >= 4 is 0 Å². The van der Waals surface area contributed by atoms with Gasteiger partial charge in [0.1, 0.15) is 11.9 Å². The molecule has 3 heteroatoms. The maximum Gasteiger partial charge on any atom is 0.123 e. The molecular formula is C9H8FNO. The average Bonchev–Trinajstić information content (AvgIpc) is 2.07. The number of hydroxylamine groups is 1. The van der Waals surface area contributed by atoms with E-state index in [0.29, 0.717) is 5.56 Å². The first kappa shape index (κ1) is 8.72. The van der Waals surface area contributed by atoms with Gasteiger partial charge in [0, 0.05) is 0 Å². The van der Waals surface area contributed by atoms with Crippen LogP contribution in [0.3, 0.4) is 0 Å². The Balaban J connectivity index is 2.95. The molecule has 12 heavy (non-hydrogen) atoms. The molecule has 0 bridgehead atoms. The van der Waals surface area contributed by atoms with Crippen LogP contribution >= 0.6 is 0 Å². The predicted octanol–water partition coefficient (Wildman–Crippen LogP) is 1.48. The Hall–Kier alpha value is -1.37. The zero-order valence-corrected chi connectivity index (χ0v) is 6.29. The molecule has 0 fully saturated rings. The van der Waals surface area contributed by atoms with Crippen molar-refractivity contribution in [2.24, 2.45) is 0 Å². The highest BCUT2D eigenvalue weighted by atomic mass is 19.1. The average molecular weight is 165 g/mol. The molecule has 0 saturated heterocycles. The monoisotopic (exact) mass is 165 g/mol. The second kappa shape index (κ2) is 3.86. The van der Waals surface area contributed by atoms with E-state index in [-0.39, 0.29) is 5.82 Å². The van der Waals surface area contributed by atoms with Gasteiger partial charge >= 0.3 is 0 Å². The fraction of sp³-hybridized carbons (Fsp3) is 0.111. The van der Waals surface area contributed by atoms with Crippen molar-refractivity contribution in [3.05, 3.63) is 35.6 Å². The molecule has 1 rings (SSSR count). The van der Waals surface area contributed by atoms with E-state index in [4.69, 9.17) is 11.6 Å². The third-order valence-electron chi connectivity index (χ3n) is 1.48. The zero-order chi connectivity index (χ0) is 8.97. The topological polar surface area (TPSA) is 32.3 Å². The molecule has 2 nitrogen and oxygen atoms in total. The van der Waals surface area contributed by atoms with Crippen molar-refractivity contribution in [3.8, 4) is 12.3 Å². The summed E-state index contributed by atoms with van der Waals surface area (Å²) in [5.41, 5.74) is 2.42. The molecule has 0 aliphatic heterocycles. The second-order valence-electron chi connectivity index (χ2n) is 2.28. The second-order valence-corrected chi connectivity index (χ2v) is 2.28. The van der Waals surface area contributed by atoms with Gasteiger partial charge in [0.05, 0.1) is 0 Å². The first-order chi connectivity index (χ1) is 5.77. The molecule has 62 valence electrons. The van der Waals surface area contributed by atoms with Gasteiger partial charge in [-0.05, 0) is 17.7 Å². The van der Waals surface area contributed by atoms with Gasteiger partial charge in [0.15, 0.2) is 0 Å². The zero-order valence-electron chi connectivity index (χ0n) is 6.29. The summed E-state index contributed by atoms with van der Waals surface area (Å²) in [6.07, 6.45) is 5.07. The number of nitrogens with one attached hydrogen (secondary N) is 1. The van der Waals surface area contributed by atoms with Crippen molar-refractivity contribution in [2.45, 2.75) is 6.04 Å². The molecule has 1 atom stereocenters. The summed E-state index contributed by atoms with van der Waals surface area (Å²) < 4.78 is 12.6. The number of terminal acetylenes is 1. The molecular weight excluding hydrogens is 157 g/mol. The largest absolute Gasteiger partial charge is 0.315 e. The fourth-order valence-electron chi connectivity index (χ4n) is 0.894. The lowest BCUT2D eigenvalue weighted by Crippen LogP contribution is -2.14. The fourth-order valence-corrected chi connectivity index (χ4v) is 0.894. The summed E-state index contributed by atoms with van der Waals surface area (Å²) in [5, 5.41) is 8.56. The third-order valence-corrected chi connectivity index (χ3v) is 1.48. The Morgan fingerprint density at radius 1 is 1.58 bits per heavy atom. The lowest BCUT2D eigenvalue weighted by atomic mass is 10.1. The minimum absolute atomic E-state index is 0.372. The molecule has 1 unspecified atom stereocenters. The van der Waals surface area contributed by atoms with Gasteiger partial charge in [-0.25, -0.2) is 4.39 Å². The van der Waals surface area contributed by atoms with Crippen LogP contribution in [0.25, 0.3) is 0 Å². The van der Waals surface area contributed by atoms with Gasteiger partial charge in [-0.3, -0.25) is 0 Å². The molecule has 1 aromatic rings. The molecule has 1 aromatic carbocycles. The van der Waals surface area contributed by atoms with E-state index >= 15 is 0 Å². The SMILES string of the molecule is C#CC(NO)c1cccc(F)c1. The molecule has 0 saturated carbocycles. The van der Waals surface area contributed by atoms with Crippen LogP contribution in [0.1, 0.15) is 11.6 Å². The maximum atomic E-state index is 12.6. The van der Waals surface area contributed by atoms with E-state index in [1.165, 1.54) is 18.2 Å². The minimum atomic E-state index is -0.652. The lowest BCUT2D eigenvalue weighted by molar-refractivity contribution is 0.147. The number of hydrogen-bond acceptors (Lipinski definition) is 2. The van der Waals surface area contributed by atoms with Crippen molar-refractivity contribution in [1.29, 1.82) is 0 Å². The lowest BCUT2D eigenvalue weighted by Gasteiger charge is -2.07. The van der Waals surface area contributed by atoms with Crippen molar-refractivity contribution in [2.75, 3.05) is 0 Å². The summed E-state index contributed by atoms with van der Waals surface area (Å²) in [5.74, 6) is 1.90. The van der Waals surface area contributed by atoms with Gasteiger partial charge in [-0.15, -0.1) is 6.42 Å². The highest BCUT2D eigenvalue weighted by Gasteiger charge is 2.05. The highest BCUT2D eigenvalue weighted by Crippen LogP contribution is 2.12. The Bertz CT molecular complexity index is 306. The smallest absolute Gasteiger partial charge is 0.123 e. The van der Waals surface area contributed by atoms with Crippen molar-refractivity contribution < 1.29 is 9.60 Å². The van der Waals surface area contributed by atoms with Crippen LogP contribution in [-0.2, 0) is 0 Å². The van der Waals surface area contributed by atoms with Gasteiger partial charge in [0.2, 0.25) is 0 Å². The van der Waals surface area contributed by atoms with Crippen LogP contribution in [0.4, 0.5) is 4.39 Å². The Kier molecular flexibility index (Phi) is 2.81. The van der Waals surface area contributed by atoms with E-state index in [0.717, 1.165) is 0 Å². The van der Waals surface area contributed by atoms with E-state index < -0.39 is 6.04 Å². The number of benzene rings is 1. The minimum Gasteiger partial charge on any atom is -0.315 e. The Labute approximate surface area is 70.0 Å². The van der Waals surface area contributed by atoms with Gasteiger partial charge < -0.3 is 5.21 Å². The predicted molar refractivity (Wildman–Crippen MR) is 42.9 cm³/mol. The summed E-state index contributed by atoms with van der Waals surface area (Å²) in [6.45, 7) is 0. The standard InChI is InChI=1S/C9H8FNO/c1-2-9(11-12)7-4-3-5-8(10)6-7/h1,3-6,9,11-12H. The van der Waals surface area contributed by atoms with Crippen LogP contribution < -0.4 is 5.48 Å².